The maximum Gasteiger partial charge on any atom is 0.227 e. The minimum Gasteiger partial charge on any atom is -0.439 e. The monoisotopic (exact) mass is 401 g/mol. The predicted molar refractivity (Wildman–Crippen MR) is 108 cm³/mol. The van der Waals surface area contributed by atoms with Crippen molar-refractivity contribution in [3.63, 3.8) is 0 Å². The van der Waals surface area contributed by atoms with Crippen LogP contribution in [0.5, 0.6) is 11.6 Å². The summed E-state index contributed by atoms with van der Waals surface area (Å²) < 4.78 is 10.9. The van der Waals surface area contributed by atoms with Crippen molar-refractivity contribution in [3.05, 3.63) is 47.7 Å². The van der Waals surface area contributed by atoms with Gasteiger partial charge in [-0.1, -0.05) is 12.1 Å². The maximum absolute atomic E-state index is 11.9. The standard InChI is InChI=1S/C18H23N3O3.2ClH/c1-12-5-4-6-16(13(12)2)24-18-8-7-14(11-20-18)21-17(22)9-15(10-19)23-3;;/h4-8,11,15H,9-10,19H2,1-3H3,(H,21,22);2*1H. The average molecular weight is 402 g/mol. The second kappa shape index (κ2) is 11.7. The molecule has 8 heteroatoms. The molecule has 1 amide bonds. The number of aromatic nitrogens is 1. The van der Waals surface area contributed by atoms with Crippen LogP contribution in [-0.4, -0.2) is 30.6 Å². The summed E-state index contributed by atoms with van der Waals surface area (Å²) in [5, 5.41) is 2.76. The highest BCUT2D eigenvalue weighted by atomic mass is 35.5. The number of ether oxygens (including phenoxy) is 2. The Bertz CT molecular complexity index is 693. The van der Waals surface area contributed by atoms with Gasteiger partial charge in [-0.25, -0.2) is 4.98 Å². The fraction of sp³-hybridized carbons (Fsp3) is 0.333. The van der Waals surface area contributed by atoms with Crippen molar-refractivity contribution in [1.29, 1.82) is 0 Å². The van der Waals surface area contributed by atoms with Gasteiger partial charge in [-0.3, -0.25) is 4.79 Å². The summed E-state index contributed by atoms with van der Waals surface area (Å²) in [6.45, 7) is 4.33. The Morgan fingerprint density at radius 2 is 1.96 bits per heavy atom. The summed E-state index contributed by atoms with van der Waals surface area (Å²) >= 11 is 0. The van der Waals surface area contributed by atoms with Crippen molar-refractivity contribution in [2.45, 2.75) is 26.4 Å². The molecule has 0 spiro atoms. The molecule has 0 saturated carbocycles. The molecule has 0 radical (unpaired) electrons. The van der Waals surface area contributed by atoms with Crippen LogP contribution in [0, 0.1) is 13.8 Å². The van der Waals surface area contributed by atoms with Crippen LogP contribution in [0.3, 0.4) is 0 Å². The zero-order valence-corrected chi connectivity index (χ0v) is 16.7. The number of carbonyl (C=O) groups is 1. The van der Waals surface area contributed by atoms with Gasteiger partial charge in [0, 0.05) is 19.7 Å². The molecule has 144 valence electrons. The number of rotatable bonds is 7. The van der Waals surface area contributed by atoms with Crippen molar-refractivity contribution in [3.8, 4) is 11.6 Å². The molecule has 0 aliphatic heterocycles. The van der Waals surface area contributed by atoms with Gasteiger partial charge in [0.15, 0.2) is 0 Å². The van der Waals surface area contributed by atoms with Crippen LogP contribution in [0.2, 0.25) is 0 Å². The lowest BCUT2D eigenvalue weighted by Crippen LogP contribution is -2.28. The number of methoxy groups -OCH3 is 1. The van der Waals surface area contributed by atoms with Gasteiger partial charge in [-0.15, -0.1) is 24.8 Å². The number of nitrogens with one attached hydrogen (secondary N) is 1. The van der Waals surface area contributed by atoms with Crippen molar-refractivity contribution in [1.82, 2.24) is 4.98 Å². The molecule has 1 aromatic carbocycles. The van der Waals surface area contributed by atoms with E-state index in [2.05, 4.69) is 10.3 Å². The summed E-state index contributed by atoms with van der Waals surface area (Å²) in [6, 6.07) is 9.33. The van der Waals surface area contributed by atoms with Gasteiger partial charge in [0.25, 0.3) is 0 Å². The molecule has 0 aliphatic rings. The van der Waals surface area contributed by atoms with E-state index in [1.165, 1.54) is 7.11 Å². The van der Waals surface area contributed by atoms with Crippen LogP contribution in [-0.2, 0) is 9.53 Å². The molecule has 1 unspecified atom stereocenters. The van der Waals surface area contributed by atoms with E-state index in [0.717, 1.165) is 16.9 Å². The number of amides is 1. The van der Waals surface area contributed by atoms with E-state index in [1.54, 1.807) is 18.3 Å². The number of carbonyl (C=O) groups excluding carboxylic acids is 1. The van der Waals surface area contributed by atoms with Gasteiger partial charge in [0.2, 0.25) is 11.8 Å². The number of nitrogens with two attached hydrogens (primary N) is 1. The van der Waals surface area contributed by atoms with Crippen molar-refractivity contribution < 1.29 is 14.3 Å². The molecule has 2 aromatic rings. The molecular weight excluding hydrogens is 377 g/mol. The molecule has 0 saturated heterocycles. The number of hydrogen-bond acceptors (Lipinski definition) is 5. The highest BCUT2D eigenvalue weighted by Gasteiger charge is 2.12. The molecule has 3 N–H and O–H groups in total. The fourth-order valence-electron chi connectivity index (χ4n) is 2.14. The zero-order valence-electron chi connectivity index (χ0n) is 15.0. The van der Waals surface area contributed by atoms with E-state index < -0.39 is 0 Å². The number of halogens is 2. The van der Waals surface area contributed by atoms with E-state index >= 15 is 0 Å². The van der Waals surface area contributed by atoms with Crippen LogP contribution in [0.4, 0.5) is 5.69 Å². The summed E-state index contributed by atoms with van der Waals surface area (Å²) in [7, 11) is 1.53. The first-order chi connectivity index (χ1) is 11.5. The number of aryl methyl sites for hydroxylation is 1. The number of nitrogens with zero attached hydrogens (tertiary/aromatic N) is 1. The Morgan fingerprint density at radius 3 is 2.54 bits per heavy atom. The van der Waals surface area contributed by atoms with Crippen molar-refractivity contribution in [2.24, 2.45) is 5.73 Å². The average Bonchev–Trinajstić information content (AvgIpc) is 2.58. The Balaban J connectivity index is 0.00000312. The lowest BCUT2D eigenvalue weighted by atomic mass is 10.1. The lowest BCUT2D eigenvalue weighted by molar-refractivity contribution is -0.118. The van der Waals surface area contributed by atoms with Crippen LogP contribution in [0.1, 0.15) is 17.5 Å². The Labute approximate surface area is 166 Å². The van der Waals surface area contributed by atoms with Gasteiger partial charge in [0.1, 0.15) is 5.75 Å². The van der Waals surface area contributed by atoms with Gasteiger partial charge in [-0.2, -0.15) is 0 Å². The number of benzene rings is 1. The summed E-state index contributed by atoms with van der Waals surface area (Å²) in [5.74, 6) is 1.07. The molecule has 6 nitrogen and oxygen atoms in total. The minimum absolute atomic E-state index is 0. The quantitative estimate of drug-likeness (QED) is 0.739. The third-order valence-corrected chi connectivity index (χ3v) is 3.80. The molecule has 1 heterocycles. The van der Waals surface area contributed by atoms with E-state index in [9.17, 15) is 4.79 Å². The highest BCUT2D eigenvalue weighted by molar-refractivity contribution is 5.90. The minimum atomic E-state index is -0.287. The van der Waals surface area contributed by atoms with E-state index in [1.807, 2.05) is 32.0 Å². The topological polar surface area (TPSA) is 86.5 Å². The zero-order chi connectivity index (χ0) is 17.5. The van der Waals surface area contributed by atoms with E-state index in [0.29, 0.717) is 18.1 Å². The number of hydrogen-bond donors (Lipinski definition) is 2. The third-order valence-electron chi connectivity index (χ3n) is 3.80. The summed E-state index contributed by atoms with van der Waals surface area (Å²) in [4.78, 5) is 16.1. The molecule has 26 heavy (non-hydrogen) atoms. The second-order valence-electron chi connectivity index (χ2n) is 5.53. The van der Waals surface area contributed by atoms with Crippen LogP contribution in [0.15, 0.2) is 36.5 Å². The number of anilines is 1. The first-order valence-corrected chi connectivity index (χ1v) is 7.76. The third kappa shape index (κ3) is 6.80. The fourth-order valence-corrected chi connectivity index (χ4v) is 2.14. The molecule has 1 atom stereocenters. The molecular formula is C18H25Cl2N3O3. The van der Waals surface area contributed by atoms with E-state index in [4.69, 9.17) is 15.2 Å². The largest absolute Gasteiger partial charge is 0.439 e. The highest BCUT2D eigenvalue weighted by Crippen LogP contribution is 2.26. The Morgan fingerprint density at radius 1 is 1.23 bits per heavy atom. The first-order valence-electron chi connectivity index (χ1n) is 7.76. The number of pyridine rings is 1. The second-order valence-corrected chi connectivity index (χ2v) is 5.53. The van der Waals surface area contributed by atoms with Gasteiger partial charge < -0.3 is 20.5 Å². The van der Waals surface area contributed by atoms with Crippen molar-refractivity contribution in [2.75, 3.05) is 19.0 Å². The van der Waals surface area contributed by atoms with Gasteiger partial charge in [-0.05, 0) is 37.1 Å². The summed E-state index contributed by atoms with van der Waals surface area (Å²) in [5.41, 5.74) is 8.33. The Kier molecular flexibility index (Phi) is 10.9. The molecule has 0 bridgehead atoms. The van der Waals surface area contributed by atoms with Crippen molar-refractivity contribution >= 4 is 36.4 Å². The lowest BCUT2D eigenvalue weighted by Gasteiger charge is -2.13. The van der Waals surface area contributed by atoms with Crippen LogP contribution in [0.25, 0.3) is 0 Å². The first kappa shape index (κ1) is 24.1. The Hall–Kier alpha value is -1.86. The summed E-state index contributed by atoms with van der Waals surface area (Å²) in [6.07, 6.45) is 1.47. The van der Waals surface area contributed by atoms with E-state index in [-0.39, 0.29) is 43.2 Å². The maximum atomic E-state index is 11.9. The normalized spacial score (nSPS) is 10.9. The van der Waals surface area contributed by atoms with Gasteiger partial charge >= 0.3 is 0 Å². The smallest absolute Gasteiger partial charge is 0.227 e. The molecule has 2 rings (SSSR count). The molecule has 0 fully saturated rings. The molecule has 1 aromatic heterocycles. The van der Waals surface area contributed by atoms with Crippen LogP contribution >= 0.6 is 24.8 Å². The molecule has 0 aliphatic carbocycles. The van der Waals surface area contributed by atoms with Crippen LogP contribution < -0.4 is 15.8 Å². The predicted octanol–water partition coefficient (Wildman–Crippen LogP) is 3.64. The SMILES string of the molecule is COC(CN)CC(=O)Nc1ccc(Oc2cccc(C)c2C)nc1.Cl.Cl. The van der Waals surface area contributed by atoms with Gasteiger partial charge in [0.05, 0.1) is 24.4 Å².